The Hall–Kier alpha value is -4.10. The molecule has 1 N–H and O–H groups in total. The topological polar surface area (TPSA) is 201 Å². The number of esters is 1. The molecule has 2 aromatic rings. The number of aliphatic hydroxyl groups is 1. The molecular formula is C43H68N8O10. The van der Waals surface area contributed by atoms with Crippen LogP contribution < -0.4 is 0 Å². The van der Waals surface area contributed by atoms with E-state index in [2.05, 4.69) is 20.5 Å². The molecule has 18 nitrogen and oxygen atoms in total. The van der Waals surface area contributed by atoms with Crippen LogP contribution in [0.15, 0.2) is 24.5 Å². The van der Waals surface area contributed by atoms with Gasteiger partial charge in [0.05, 0.1) is 36.1 Å². The van der Waals surface area contributed by atoms with Crippen LogP contribution in [0.5, 0.6) is 0 Å². The van der Waals surface area contributed by atoms with Crippen LogP contribution in [-0.2, 0) is 44.6 Å². The number of Topliss-reactive ketones (excluding diaryl/α,β-unsaturated/α-hetero) is 1. The lowest BCUT2D eigenvalue weighted by molar-refractivity contribution is -0.295. The van der Waals surface area contributed by atoms with E-state index in [-0.39, 0.29) is 43.5 Å². The fourth-order valence-corrected chi connectivity index (χ4v) is 9.73. The van der Waals surface area contributed by atoms with Gasteiger partial charge >= 0.3 is 12.1 Å². The van der Waals surface area contributed by atoms with Crippen molar-refractivity contribution in [2.45, 2.75) is 161 Å². The highest BCUT2D eigenvalue weighted by molar-refractivity contribution is 6.00. The zero-order chi connectivity index (χ0) is 45.0. The quantitative estimate of drug-likeness (QED) is 0.195. The highest BCUT2D eigenvalue weighted by atomic mass is 16.7. The molecule has 2 aromatic heterocycles. The van der Waals surface area contributed by atoms with E-state index in [0.717, 1.165) is 0 Å². The molecule has 3 aliphatic heterocycles. The van der Waals surface area contributed by atoms with Gasteiger partial charge in [-0.25, -0.2) is 4.79 Å². The van der Waals surface area contributed by atoms with Crippen molar-refractivity contribution in [1.29, 1.82) is 0 Å². The summed E-state index contributed by atoms with van der Waals surface area (Å²) in [7, 11) is 5.30. The van der Waals surface area contributed by atoms with Gasteiger partial charge in [0, 0.05) is 51.8 Å². The molecule has 5 heterocycles. The molecule has 3 saturated heterocycles. The van der Waals surface area contributed by atoms with E-state index in [1.54, 1.807) is 52.9 Å². The number of amides is 2. The van der Waals surface area contributed by atoms with Crippen molar-refractivity contribution in [1.82, 2.24) is 39.9 Å². The first-order chi connectivity index (χ1) is 28.8. The van der Waals surface area contributed by atoms with Crippen LogP contribution in [0.4, 0.5) is 4.79 Å². The van der Waals surface area contributed by atoms with Gasteiger partial charge in [-0.2, -0.15) is 5.10 Å². The fraction of sp³-hybridized carbons (Fsp3) is 0.767. The normalized spacial score (nSPS) is 35.6. The summed E-state index contributed by atoms with van der Waals surface area (Å²) in [5, 5.41) is 28.0. The molecule has 0 bridgehead atoms. The number of cyclic esters (lactones) is 1. The van der Waals surface area contributed by atoms with Crippen LogP contribution in [0.2, 0.25) is 0 Å². The number of carbonyl (C=O) groups is 4. The molecular weight excluding hydrogens is 789 g/mol. The van der Waals surface area contributed by atoms with Crippen LogP contribution in [0.1, 0.15) is 94.4 Å². The number of aliphatic hydroxyl groups excluding tert-OH is 1. The summed E-state index contributed by atoms with van der Waals surface area (Å²) < 4.78 is 33.3. The standard InChI is InChI=1S/C43H68N8O10/c1-13-34-43(9)37(50(41(56)61-43)20-15-14-19-49-24-32(46-47-49)31-17-16-18-44-45-31)29(6)51(30(7)52)23-25(2)22-42(8,57-12)38(27(4)35(53)28(5)39(55)59-34)60-40-36(54)33(48(10)11)21-26(3)58-40/h16-18,24-29,33-34,36-38,40,54H,13-15,19-23H2,1-12H3/t25-,26-,27+,28-,29-,33?,34-,36-,37-,38-,40+,42-,43-/m1/s1. The lowest BCUT2D eigenvalue weighted by Gasteiger charge is -2.47. The number of hydrogen-bond acceptors (Lipinski definition) is 15. The van der Waals surface area contributed by atoms with Gasteiger partial charge in [-0.05, 0) is 98.9 Å². The molecule has 1 unspecified atom stereocenters. The highest BCUT2D eigenvalue weighted by Gasteiger charge is 2.60. The van der Waals surface area contributed by atoms with E-state index in [1.807, 2.05) is 53.6 Å². The summed E-state index contributed by atoms with van der Waals surface area (Å²) >= 11 is 0. The number of unbranched alkanes of at least 4 members (excludes halogenated alkanes) is 1. The smallest absolute Gasteiger partial charge is 0.410 e. The maximum absolute atomic E-state index is 14.5. The van der Waals surface area contributed by atoms with Gasteiger partial charge in [0.15, 0.2) is 17.7 Å². The third-order valence-corrected chi connectivity index (χ3v) is 13.1. The van der Waals surface area contributed by atoms with Crippen LogP contribution in [0, 0.1) is 17.8 Å². The molecule has 340 valence electrons. The maximum atomic E-state index is 14.5. The number of hydrogen-bond donors (Lipinski definition) is 1. The number of ether oxygens (including phenoxy) is 5. The number of methoxy groups -OCH3 is 1. The third-order valence-electron chi connectivity index (χ3n) is 13.1. The Balaban J connectivity index is 1.46. The van der Waals surface area contributed by atoms with Gasteiger partial charge in [0.1, 0.15) is 29.5 Å². The average molecular weight is 857 g/mol. The predicted octanol–water partition coefficient (Wildman–Crippen LogP) is 3.75. The molecule has 0 radical (unpaired) electrons. The summed E-state index contributed by atoms with van der Waals surface area (Å²) in [5.41, 5.74) is -1.36. The third kappa shape index (κ3) is 10.4. The molecule has 61 heavy (non-hydrogen) atoms. The van der Waals surface area contributed by atoms with Gasteiger partial charge in [-0.1, -0.05) is 26.0 Å². The van der Waals surface area contributed by atoms with Crippen molar-refractivity contribution >= 4 is 23.8 Å². The number of aromatic nitrogens is 5. The highest BCUT2D eigenvalue weighted by Crippen LogP contribution is 2.41. The summed E-state index contributed by atoms with van der Waals surface area (Å²) in [6.07, 6.45) is 0.805. The second-order valence-electron chi connectivity index (χ2n) is 18.0. The van der Waals surface area contributed by atoms with Crippen molar-refractivity contribution in [2.75, 3.05) is 34.3 Å². The Labute approximate surface area is 359 Å². The van der Waals surface area contributed by atoms with E-state index in [9.17, 15) is 24.3 Å². The van der Waals surface area contributed by atoms with Gasteiger partial charge in [-0.3, -0.25) is 24.0 Å². The monoisotopic (exact) mass is 857 g/mol. The molecule has 0 saturated carbocycles. The van der Waals surface area contributed by atoms with Crippen molar-refractivity contribution in [3.8, 4) is 11.4 Å². The molecule has 0 aromatic carbocycles. The minimum atomic E-state index is -1.40. The summed E-state index contributed by atoms with van der Waals surface area (Å²) in [5.74, 6) is -3.84. The summed E-state index contributed by atoms with van der Waals surface area (Å²) in [6.45, 7) is 17.0. The van der Waals surface area contributed by atoms with Gasteiger partial charge in [-0.15, -0.1) is 10.2 Å². The van der Waals surface area contributed by atoms with Crippen LogP contribution >= 0.6 is 0 Å². The van der Waals surface area contributed by atoms with E-state index in [0.29, 0.717) is 43.6 Å². The molecule has 18 heteroatoms. The zero-order valence-electron chi connectivity index (χ0n) is 38.0. The van der Waals surface area contributed by atoms with E-state index in [4.69, 9.17) is 23.7 Å². The number of nitrogens with zero attached hydrogens (tertiary/aromatic N) is 8. The molecule has 3 aliphatic rings. The van der Waals surface area contributed by atoms with Crippen LogP contribution in [0.25, 0.3) is 11.4 Å². The second-order valence-corrected chi connectivity index (χ2v) is 18.0. The minimum Gasteiger partial charge on any atom is -0.458 e. The maximum Gasteiger partial charge on any atom is 0.410 e. The summed E-state index contributed by atoms with van der Waals surface area (Å²) in [6, 6.07) is 1.97. The Bertz CT molecular complexity index is 1820. The van der Waals surface area contributed by atoms with Gasteiger partial charge in [0.2, 0.25) is 5.91 Å². The Morgan fingerprint density at radius 2 is 1.75 bits per heavy atom. The molecule has 5 rings (SSSR count). The molecule has 3 fully saturated rings. The number of rotatable bonds is 11. The number of ketones is 1. The average Bonchev–Trinajstić information content (AvgIpc) is 3.80. The van der Waals surface area contributed by atoms with Crippen molar-refractivity contribution < 1.29 is 48.0 Å². The lowest BCUT2D eigenvalue weighted by Crippen LogP contribution is -2.62. The van der Waals surface area contributed by atoms with Gasteiger partial charge < -0.3 is 38.6 Å². The number of fused-ring (bicyclic) bond motifs is 1. The number of aryl methyl sites for hydroxylation is 1. The molecule has 0 spiro atoms. The largest absolute Gasteiger partial charge is 0.458 e. The van der Waals surface area contributed by atoms with Crippen LogP contribution in [0.3, 0.4) is 0 Å². The molecule has 0 aliphatic carbocycles. The van der Waals surface area contributed by atoms with Crippen LogP contribution in [-0.4, -0.2) is 163 Å². The first kappa shape index (κ1) is 47.9. The Morgan fingerprint density at radius 1 is 1.05 bits per heavy atom. The van der Waals surface area contributed by atoms with E-state index < -0.39 is 77.6 Å². The second kappa shape index (κ2) is 19.9. The summed E-state index contributed by atoms with van der Waals surface area (Å²) in [4.78, 5) is 61.6. The first-order valence-corrected chi connectivity index (χ1v) is 21.7. The van der Waals surface area contributed by atoms with Crippen molar-refractivity contribution in [2.24, 2.45) is 17.8 Å². The van der Waals surface area contributed by atoms with Gasteiger partial charge in [0.25, 0.3) is 0 Å². The number of likely N-dealkylation sites (N-methyl/N-ethyl adjacent to an activating group) is 1. The minimum absolute atomic E-state index is 0.216. The van der Waals surface area contributed by atoms with Crippen molar-refractivity contribution in [3.63, 3.8) is 0 Å². The zero-order valence-corrected chi connectivity index (χ0v) is 38.0. The lowest BCUT2D eigenvalue weighted by atomic mass is 9.78. The predicted molar refractivity (Wildman–Crippen MR) is 223 cm³/mol. The fourth-order valence-electron chi connectivity index (χ4n) is 9.73. The van der Waals surface area contributed by atoms with Crippen molar-refractivity contribution in [3.05, 3.63) is 24.5 Å². The van der Waals surface area contributed by atoms with E-state index in [1.165, 1.54) is 21.0 Å². The first-order valence-electron chi connectivity index (χ1n) is 21.7. The SMILES string of the molecule is CC[C@H]1OC(=O)[C@H](C)C(=O)[C@H](C)[C@@H](O[C@@H]2O[C@H](C)CC(N(C)C)[C@H]2O)[C@](C)(OC)C[C@@H](C)CN(C(C)=O)[C@H](C)[C@H]2N(CCCCn3cc(-c4cccnn4)nn3)C(=O)O[C@]12C. The Morgan fingerprint density at radius 3 is 2.38 bits per heavy atom. The molecule has 13 atom stereocenters. The molecule has 2 amide bonds. The van der Waals surface area contributed by atoms with E-state index >= 15 is 0 Å². The number of carbonyl (C=O) groups excluding carboxylic acids is 4. The Kier molecular flexibility index (Phi) is 15.7.